The molecule has 2 fully saturated rings. The molecular formula is C23H26ClFN4O2. The van der Waals surface area contributed by atoms with E-state index in [1.807, 2.05) is 37.3 Å². The van der Waals surface area contributed by atoms with Crippen molar-refractivity contribution in [1.29, 1.82) is 0 Å². The van der Waals surface area contributed by atoms with Crippen molar-refractivity contribution in [1.82, 2.24) is 20.0 Å². The minimum Gasteiger partial charge on any atom is -0.319 e. The predicted molar refractivity (Wildman–Crippen MR) is 117 cm³/mol. The zero-order valence-corrected chi connectivity index (χ0v) is 18.2. The van der Waals surface area contributed by atoms with E-state index in [0.29, 0.717) is 49.7 Å². The van der Waals surface area contributed by atoms with Crippen LogP contribution in [0, 0.1) is 5.82 Å². The molecule has 31 heavy (non-hydrogen) atoms. The summed E-state index contributed by atoms with van der Waals surface area (Å²) in [7, 11) is 0. The van der Waals surface area contributed by atoms with Crippen molar-refractivity contribution in [2.75, 3.05) is 32.8 Å². The van der Waals surface area contributed by atoms with Gasteiger partial charge >= 0.3 is 6.03 Å². The Hall–Kier alpha value is -2.48. The first-order chi connectivity index (χ1) is 14.9. The number of imide groups is 1. The van der Waals surface area contributed by atoms with Gasteiger partial charge in [-0.3, -0.25) is 14.6 Å². The van der Waals surface area contributed by atoms with Crippen molar-refractivity contribution in [3.63, 3.8) is 0 Å². The number of carbonyl (C=O) groups excluding carboxylic acids is 2. The van der Waals surface area contributed by atoms with Crippen molar-refractivity contribution in [3.05, 3.63) is 70.5 Å². The van der Waals surface area contributed by atoms with E-state index in [1.54, 1.807) is 12.1 Å². The van der Waals surface area contributed by atoms with Crippen LogP contribution < -0.4 is 5.32 Å². The van der Waals surface area contributed by atoms with Crippen LogP contribution in [-0.2, 0) is 16.9 Å². The molecule has 1 N–H and O–H groups in total. The summed E-state index contributed by atoms with van der Waals surface area (Å²) in [6.07, 6.45) is 0.481. The Morgan fingerprint density at radius 1 is 1.00 bits per heavy atom. The van der Waals surface area contributed by atoms with Crippen LogP contribution in [0.25, 0.3) is 0 Å². The van der Waals surface area contributed by atoms with Crippen LogP contribution >= 0.6 is 11.6 Å². The first-order valence-electron chi connectivity index (χ1n) is 10.5. The molecule has 1 unspecified atom stereocenters. The van der Waals surface area contributed by atoms with E-state index in [2.05, 4.69) is 15.1 Å². The van der Waals surface area contributed by atoms with Crippen LogP contribution in [0.1, 0.15) is 24.5 Å². The van der Waals surface area contributed by atoms with E-state index in [1.165, 1.54) is 11.0 Å². The smallest absolute Gasteiger partial charge is 0.319 e. The third-order valence-electron chi connectivity index (χ3n) is 6.22. The Bertz CT molecular complexity index is 945. The van der Waals surface area contributed by atoms with Gasteiger partial charge in [0.1, 0.15) is 11.4 Å². The molecule has 0 bridgehead atoms. The number of hydrogen-bond donors (Lipinski definition) is 1. The molecule has 0 spiro atoms. The van der Waals surface area contributed by atoms with E-state index in [4.69, 9.17) is 11.6 Å². The number of amides is 3. The van der Waals surface area contributed by atoms with Crippen molar-refractivity contribution >= 4 is 23.5 Å². The first kappa shape index (κ1) is 21.7. The molecule has 0 aromatic heterocycles. The number of rotatable bonds is 6. The van der Waals surface area contributed by atoms with E-state index in [-0.39, 0.29) is 24.4 Å². The molecular weight excluding hydrogens is 419 g/mol. The first-order valence-corrected chi connectivity index (χ1v) is 10.9. The molecule has 164 valence electrons. The summed E-state index contributed by atoms with van der Waals surface area (Å²) in [4.78, 5) is 31.5. The highest BCUT2D eigenvalue weighted by molar-refractivity contribution is 6.31. The molecule has 0 aliphatic carbocycles. The summed E-state index contributed by atoms with van der Waals surface area (Å²) in [5.41, 5.74) is 0.286. The molecule has 4 rings (SSSR count). The number of nitrogens with one attached hydrogen (secondary N) is 1. The maximum absolute atomic E-state index is 14.1. The molecule has 0 saturated carbocycles. The topological polar surface area (TPSA) is 55.9 Å². The fourth-order valence-electron chi connectivity index (χ4n) is 4.31. The third-order valence-corrected chi connectivity index (χ3v) is 6.58. The van der Waals surface area contributed by atoms with Crippen molar-refractivity contribution in [2.24, 2.45) is 0 Å². The normalized spacial score (nSPS) is 22.7. The molecule has 6 nitrogen and oxygen atoms in total. The largest absolute Gasteiger partial charge is 0.326 e. The molecule has 2 saturated heterocycles. The van der Waals surface area contributed by atoms with E-state index < -0.39 is 5.54 Å². The standard InChI is InChI=1S/C23H26ClFN4O2/c1-2-23(17-7-4-3-5-8-17)21(30)29(22(31)26-23)16-28-13-11-27(12-14-28)15-18-19(24)9-6-10-20(18)25/h3-10H,2,11-16H2,1H3,(H,26,31). The lowest BCUT2D eigenvalue weighted by Gasteiger charge is -2.36. The quantitative estimate of drug-likeness (QED) is 0.694. The second-order valence-electron chi connectivity index (χ2n) is 8.02. The number of urea groups is 1. The molecule has 2 aliphatic heterocycles. The van der Waals surface area contributed by atoms with Gasteiger partial charge in [-0.1, -0.05) is 54.9 Å². The molecule has 0 radical (unpaired) electrons. The highest BCUT2D eigenvalue weighted by Crippen LogP contribution is 2.32. The fraction of sp³-hybridized carbons (Fsp3) is 0.391. The summed E-state index contributed by atoms with van der Waals surface area (Å²) in [6.45, 7) is 5.34. The van der Waals surface area contributed by atoms with Crippen LogP contribution in [0.3, 0.4) is 0 Å². The van der Waals surface area contributed by atoms with Crippen molar-refractivity contribution in [2.45, 2.75) is 25.4 Å². The van der Waals surface area contributed by atoms with Gasteiger partial charge in [-0.15, -0.1) is 0 Å². The lowest BCUT2D eigenvalue weighted by atomic mass is 9.87. The molecule has 8 heteroatoms. The fourth-order valence-corrected chi connectivity index (χ4v) is 4.54. The van der Waals surface area contributed by atoms with Crippen LogP contribution in [0.2, 0.25) is 5.02 Å². The summed E-state index contributed by atoms with van der Waals surface area (Å²) in [5, 5.41) is 3.35. The Morgan fingerprint density at radius 3 is 2.32 bits per heavy atom. The average molecular weight is 445 g/mol. The lowest BCUT2D eigenvalue weighted by molar-refractivity contribution is -0.133. The second kappa shape index (κ2) is 8.94. The van der Waals surface area contributed by atoms with Crippen LogP contribution in [-0.4, -0.2) is 59.5 Å². The molecule has 2 aromatic rings. The number of benzene rings is 2. The van der Waals surface area contributed by atoms with Gasteiger partial charge in [0.25, 0.3) is 5.91 Å². The van der Waals surface area contributed by atoms with Crippen LogP contribution in [0.5, 0.6) is 0 Å². The molecule has 2 aliphatic rings. The van der Waals surface area contributed by atoms with Crippen molar-refractivity contribution in [3.8, 4) is 0 Å². The summed E-state index contributed by atoms with van der Waals surface area (Å²) in [6, 6.07) is 13.7. The van der Waals surface area contributed by atoms with Crippen LogP contribution in [0.4, 0.5) is 9.18 Å². The maximum atomic E-state index is 14.1. The Labute approximate surface area is 186 Å². The van der Waals surface area contributed by atoms with Gasteiger partial charge in [0.15, 0.2) is 0 Å². The maximum Gasteiger partial charge on any atom is 0.326 e. The number of carbonyl (C=O) groups is 2. The van der Waals surface area contributed by atoms with Gasteiger partial charge in [-0.2, -0.15) is 0 Å². The highest BCUT2D eigenvalue weighted by atomic mass is 35.5. The number of hydrogen-bond acceptors (Lipinski definition) is 4. The molecule has 2 heterocycles. The Balaban J connectivity index is 1.38. The van der Waals surface area contributed by atoms with E-state index in [9.17, 15) is 14.0 Å². The summed E-state index contributed by atoms with van der Waals surface area (Å²) < 4.78 is 14.1. The van der Waals surface area contributed by atoms with Crippen molar-refractivity contribution < 1.29 is 14.0 Å². The molecule has 2 aromatic carbocycles. The molecule has 3 amide bonds. The second-order valence-corrected chi connectivity index (χ2v) is 8.43. The van der Waals surface area contributed by atoms with E-state index >= 15 is 0 Å². The Morgan fingerprint density at radius 2 is 1.68 bits per heavy atom. The summed E-state index contributed by atoms with van der Waals surface area (Å²) in [5.74, 6) is -0.516. The zero-order valence-electron chi connectivity index (χ0n) is 17.5. The number of halogens is 2. The monoisotopic (exact) mass is 444 g/mol. The van der Waals surface area contributed by atoms with Crippen LogP contribution in [0.15, 0.2) is 48.5 Å². The van der Waals surface area contributed by atoms with E-state index in [0.717, 1.165) is 5.56 Å². The SMILES string of the molecule is CCC1(c2ccccc2)NC(=O)N(CN2CCN(Cc3c(F)cccc3Cl)CC2)C1=O. The number of nitrogens with zero attached hydrogens (tertiary/aromatic N) is 3. The minimum absolute atomic E-state index is 0.216. The third kappa shape index (κ3) is 4.18. The van der Waals surface area contributed by atoms with Gasteiger partial charge in [0.2, 0.25) is 0 Å². The van der Waals surface area contributed by atoms with Gasteiger partial charge in [-0.25, -0.2) is 14.1 Å². The lowest BCUT2D eigenvalue weighted by Crippen LogP contribution is -2.51. The minimum atomic E-state index is -1.01. The molecule has 1 atom stereocenters. The zero-order chi connectivity index (χ0) is 22.0. The highest BCUT2D eigenvalue weighted by Gasteiger charge is 2.51. The van der Waals surface area contributed by atoms with Gasteiger partial charge in [0, 0.05) is 43.3 Å². The van der Waals surface area contributed by atoms with Gasteiger partial charge < -0.3 is 5.32 Å². The average Bonchev–Trinajstić information content (AvgIpc) is 3.03. The van der Waals surface area contributed by atoms with Gasteiger partial charge in [0.05, 0.1) is 6.67 Å². The van der Waals surface area contributed by atoms with Gasteiger partial charge in [-0.05, 0) is 24.1 Å². The summed E-state index contributed by atoms with van der Waals surface area (Å²) >= 11 is 6.15. The Kier molecular flexibility index (Phi) is 6.27. The number of piperazine rings is 1. The predicted octanol–water partition coefficient (Wildman–Crippen LogP) is 3.41.